The number of rotatable bonds is 5. The van der Waals surface area contributed by atoms with Crippen LogP contribution in [-0.4, -0.2) is 35.3 Å². The van der Waals surface area contributed by atoms with Crippen molar-refractivity contribution in [3.8, 4) is 0 Å². The van der Waals surface area contributed by atoms with Gasteiger partial charge < -0.3 is 10.6 Å². The number of carbonyl (C=O) groups excluding carboxylic acids is 1. The molecule has 1 aromatic heterocycles. The highest BCUT2D eigenvalue weighted by molar-refractivity contribution is 5.92. The highest BCUT2D eigenvalue weighted by atomic mass is 35.5. The molecule has 2 fully saturated rings. The molecule has 1 aliphatic carbocycles. The van der Waals surface area contributed by atoms with E-state index in [4.69, 9.17) is 0 Å². The van der Waals surface area contributed by atoms with Gasteiger partial charge >= 0.3 is 0 Å². The average Bonchev–Trinajstić information content (AvgIpc) is 3.25. The molecule has 1 amide bonds. The van der Waals surface area contributed by atoms with E-state index in [2.05, 4.69) is 29.6 Å². The third-order valence-corrected chi connectivity index (χ3v) is 5.65. The summed E-state index contributed by atoms with van der Waals surface area (Å²) < 4.78 is 1.95. The first kappa shape index (κ1) is 19.3. The fraction of sp³-hybridized carbons (Fsp3) is 0.778. The molecule has 2 N–H and O–H groups in total. The minimum Gasteiger partial charge on any atom is -0.350 e. The Kier molecular flexibility index (Phi) is 6.70. The van der Waals surface area contributed by atoms with Gasteiger partial charge in [0, 0.05) is 19.3 Å². The maximum atomic E-state index is 12.4. The third kappa shape index (κ3) is 4.51. The molecule has 2 aliphatic rings. The number of amides is 1. The molecule has 1 saturated heterocycles. The van der Waals surface area contributed by atoms with Crippen LogP contribution in [0.5, 0.6) is 0 Å². The normalized spacial score (nSPS) is 22.2. The molecule has 24 heavy (non-hydrogen) atoms. The minimum atomic E-state index is -0.0430. The molecular formula is C18H31ClN4O. The van der Waals surface area contributed by atoms with Gasteiger partial charge in [-0.3, -0.25) is 9.48 Å². The first-order valence-electron chi connectivity index (χ1n) is 9.10. The molecule has 2 heterocycles. The molecule has 1 aromatic rings. The van der Waals surface area contributed by atoms with Crippen molar-refractivity contribution in [2.45, 2.75) is 58.4 Å². The summed E-state index contributed by atoms with van der Waals surface area (Å²) >= 11 is 0. The van der Waals surface area contributed by atoms with Crippen molar-refractivity contribution >= 4 is 18.3 Å². The zero-order valence-corrected chi connectivity index (χ0v) is 15.7. The first-order chi connectivity index (χ1) is 11.1. The summed E-state index contributed by atoms with van der Waals surface area (Å²) in [5, 5.41) is 11.0. The van der Waals surface area contributed by atoms with E-state index in [9.17, 15) is 4.79 Å². The van der Waals surface area contributed by atoms with Crippen LogP contribution in [0.25, 0.3) is 0 Å². The minimum absolute atomic E-state index is 0. The van der Waals surface area contributed by atoms with E-state index in [1.165, 1.54) is 32.1 Å². The first-order valence-corrected chi connectivity index (χ1v) is 9.10. The summed E-state index contributed by atoms with van der Waals surface area (Å²) in [6, 6.07) is 2.22. The number of piperidine rings is 1. The van der Waals surface area contributed by atoms with Crippen molar-refractivity contribution in [3.05, 3.63) is 18.0 Å². The van der Waals surface area contributed by atoms with Gasteiger partial charge in [-0.2, -0.15) is 5.10 Å². The van der Waals surface area contributed by atoms with Crippen molar-refractivity contribution in [2.24, 2.45) is 11.3 Å². The van der Waals surface area contributed by atoms with Crippen LogP contribution >= 0.6 is 12.4 Å². The molecule has 1 saturated carbocycles. The highest BCUT2D eigenvalue weighted by Gasteiger charge is 2.32. The van der Waals surface area contributed by atoms with Crippen molar-refractivity contribution in [1.29, 1.82) is 0 Å². The zero-order valence-electron chi connectivity index (χ0n) is 14.9. The molecule has 1 unspecified atom stereocenters. The van der Waals surface area contributed by atoms with Gasteiger partial charge in [-0.1, -0.05) is 26.7 Å². The Morgan fingerprint density at radius 3 is 2.75 bits per heavy atom. The molecule has 0 spiro atoms. The van der Waals surface area contributed by atoms with Crippen LogP contribution in [0.2, 0.25) is 0 Å². The van der Waals surface area contributed by atoms with Crippen LogP contribution in [0.15, 0.2) is 12.3 Å². The van der Waals surface area contributed by atoms with Crippen molar-refractivity contribution < 1.29 is 4.79 Å². The lowest BCUT2D eigenvalue weighted by Crippen LogP contribution is -2.38. The molecular weight excluding hydrogens is 324 g/mol. The third-order valence-electron chi connectivity index (χ3n) is 5.65. The molecule has 3 rings (SSSR count). The molecule has 0 radical (unpaired) electrons. The van der Waals surface area contributed by atoms with E-state index in [-0.39, 0.29) is 23.7 Å². The van der Waals surface area contributed by atoms with Gasteiger partial charge in [0.05, 0.1) is 6.04 Å². The van der Waals surface area contributed by atoms with Crippen molar-refractivity contribution in [1.82, 2.24) is 20.4 Å². The van der Waals surface area contributed by atoms with Crippen LogP contribution < -0.4 is 10.6 Å². The van der Waals surface area contributed by atoms with E-state index < -0.39 is 0 Å². The molecule has 5 nitrogen and oxygen atoms in total. The van der Waals surface area contributed by atoms with Gasteiger partial charge in [0.25, 0.3) is 5.91 Å². The van der Waals surface area contributed by atoms with Gasteiger partial charge in [0.2, 0.25) is 0 Å². The predicted molar refractivity (Wildman–Crippen MR) is 98.7 cm³/mol. The lowest BCUT2D eigenvalue weighted by atomic mass is 9.78. The van der Waals surface area contributed by atoms with Crippen molar-refractivity contribution in [2.75, 3.05) is 19.6 Å². The van der Waals surface area contributed by atoms with E-state index in [0.717, 1.165) is 32.0 Å². The smallest absolute Gasteiger partial charge is 0.271 e. The number of hydrogen-bond acceptors (Lipinski definition) is 3. The second kappa shape index (κ2) is 8.34. The Hall–Kier alpha value is -1.07. The van der Waals surface area contributed by atoms with Gasteiger partial charge in [-0.15, -0.1) is 12.4 Å². The van der Waals surface area contributed by atoms with Crippen molar-refractivity contribution in [3.63, 3.8) is 0 Å². The summed E-state index contributed by atoms with van der Waals surface area (Å²) in [4.78, 5) is 12.4. The van der Waals surface area contributed by atoms with E-state index in [1.54, 1.807) is 0 Å². The fourth-order valence-corrected chi connectivity index (χ4v) is 3.97. The molecule has 6 heteroatoms. The lowest BCUT2D eigenvalue weighted by molar-refractivity contribution is 0.0912. The number of carbonyl (C=O) groups is 1. The van der Waals surface area contributed by atoms with Gasteiger partial charge in [-0.25, -0.2) is 0 Å². The van der Waals surface area contributed by atoms with Gasteiger partial charge in [-0.05, 0) is 49.6 Å². The SMILES string of the molecule is CC(C)(CNC(=O)c1ccn(C2CCCNC2)n1)C1CCCC1.Cl. The summed E-state index contributed by atoms with van der Waals surface area (Å²) in [6.07, 6.45) is 9.50. The predicted octanol–water partition coefficient (Wildman–Crippen LogP) is 3.18. The summed E-state index contributed by atoms with van der Waals surface area (Å²) in [6.45, 7) is 7.30. The highest BCUT2D eigenvalue weighted by Crippen LogP contribution is 2.39. The monoisotopic (exact) mass is 354 g/mol. The topological polar surface area (TPSA) is 59.0 Å². The Morgan fingerprint density at radius 1 is 1.33 bits per heavy atom. The number of hydrogen-bond donors (Lipinski definition) is 2. The quantitative estimate of drug-likeness (QED) is 0.853. The largest absolute Gasteiger partial charge is 0.350 e. The van der Waals surface area contributed by atoms with E-state index in [0.29, 0.717) is 11.7 Å². The Bertz CT molecular complexity index is 531. The standard InChI is InChI=1S/C18H30N4O.ClH/c1-18(2,14-6-3-4-7-14)13-20-17(23)16-9-11-22(21-16)15-8-5-10-19-12-15;/h9,11,14-15,19H,3-8,10,12-13H2,1-2H3,(H,20,23);1H. The van der Waals surface area contributed by atoms with Crippen LogP contribution in [0.4, 0.5) is 0 Å². The lowest BCUT2D eigenvalue weighted by Gasteiger charge is -2.31. The molecule has 0 aromatic carbocycles. The molecule has 136 valence electrons. The summed E-state index contributed by atoms with van der Waals surface area (Å²) in [5.74, 6) is 0.687. The van der Waals surface area contributed by atoms with Gasteiger partial charge in [0.15, 0.2) is 0 Å². The number of nitrogens with one attached hydrogen (secondary N) is 2. The molecule has 1 aliphatic heterocycles. The number of aromatic nitrogens is 2. The number of nitrogens with zero attached hydrogens (tertiary/aromatic N) is 2. The van der Waals surface area contributed by atoms with Crippen LogP contribution in [0.3, 0.4) is 0 Å². The average molecular weight is 355 g/mol. The second-order valence-corrected chi connectivity index (χ2v) is 7.83. The fourth-order valence-electron chi connectivity index (χ4n) is 3.97. The Balaban J connectivity index is 0.00000208. The molecule has 1 atom stereocenters. The summed E-state index contributed by atoms with van der Waals surface area (Å²) in [7, 11) is 0. The van der Waals surface area contributed by atoms with Crippen LogP contribution in [-0.2, 0) is 0 Å². The Labute approximate surface area is 151 Å². The second-order valence-electron chi connectivity index (χ2n) is 7.83. The number of halogens is 1. The zero-order chi connectivity index (χ0) is 16.3. The maximum absolute atomic E-state index is 12.4. The summed E-state index contributed by atoms with van der Waals surface area (Å²) in [5.41, 5.74) is 0.708. The molecule has 0 bridgehead atoms. The van der Waals surface area contributed by atoms with Crippen LogP contribution in [0.1, 0.15) is 68.9 Å². The Morgan fingerprint density at radius 2 is 2.08 bits per heavy atom. The maximum Gasteiger partial charge on any atom is 0.271 e. The van der Waals surface area contributed by atoms with Gasteiger partial charge in [0.1, 0.15) is 5.69 Å². The van der Waals surface area contributed by atoms with E-state index >= 15 is 0 Å². The van der Waals surface area contributed by atoms with E-state index in [1.807, 2.05) is 16.9 Å². The van der Waals surface area contributed by atoms with Crippen LogP contribution in [0, 0.1) is 11.3 Å².